The fourth-order valence-electron chi connectivity index (χ4n) is 1.55. The van der Waals surface area contributed by atoms with E-state index in [0.29, 0.717) is 16.1 Å². The summed E-state index contributed by atoms with van der Waals surface area (Å²) in [5.41, 5.74) is 1.17. The van der Waals surface area contributed by atoms with Gasteiger partial charge in [0, 0.05) is 5.02 Å². The third kappa shape index (κ3) is 2.78. The van der Waals surface area contributed by atoms with E-state index in [9.17, 15) is 9.50 Å². The van der Waals surface area contributed by atoms with E-state index in [0.717, 1.165) is 0 Å². The van der Waals surface area contributed by atoms with Crippen LogP contribution in [0.4, 0.5) is 4.39 Å². The first-order chi connectivity index (χ1) is 8.08. The molecule has 2 aromatic rings. The van der Waals surface area contributed by atoms with Crippen LogP contribution >= 0.6 is 23.2 Å². The molecule has 0 fully saturated rings. The molecule has 0 heterocycles. The zero-order valence-electron chi connectivity index (χ0n) is 8.70. The van der Waals surface area contributed by atoms with E-state index in [-0.39, 0.29) is 5.02 Å². The Hall–Kier alpha value is -1.09. The van der Waals surface area contributed by atoms with E-state index in [1.807, 2.05) is 0 Å². The number of aliphatic hydroxyl groups is 1. The van der Waals surface area contributed by atoms with Crippen LogP contribution in [0.2, 0.25) is 10.0 Å². The normalized spacial score (nSPS) is 12.5. The molecule has 0 aliphatic carbocycles. The summed E-state index contributed by atoms with van der Waals surface area (Å²) in [6, 6.07) is 11.0. The van der Waals surface area contributed by atoms with Crippen molar-refractivity contribution < 1.29 is 9.50 Å². The molecule has 0 amide bonds. The summed E-state index contributed by atoms with van der Waals surface area (Å²) in [5, 5.41) is 10.6. The minimum Gasteiger partial charge on any atom is -0.384 e. The fraction of sp³-hybridized carbons (Fsp3) is 0.0769. The fourth-order valence-corrected chi connectivity index (χ4v) is 1.94. The quantitative estimate of drug-likeness (QED) is 0.867. The van der Waals surface area contributed by atoms with Gasteiger partial charge in [-0.05, 0) is 35.4 Å². The van der Waals surface area contributed by atoms with Gasteiger partial charge in [-0.2, -0.15) is 0 Å². The van der Waals surface area contributed by atoms with Crippen molar-refractivity contribution >= 4 is 23.2 Å². The van der Waals surface area contributed by atoms with Gasteiger partial charge < -0.3 is 5.11 Å². The van der Waals surface area contributed by atoms with Crippen molar-refractivity contribution in [1.82, 2.24) is 0 Å². The topological polar surface area (TPSA) is 20.2 Å². The van der Waals surface area contributed by atoms with Crippen LogP contribution in [0.25, 0.3) is 0 Å². The standard InChI is InChI=1S/C13H9Cl2FO/c14-10-3-1-2-8(6-10)13(17)9-4-5-12(16)11(15)7-9/h1-7,13,17H/t13-/m1/s1. The van der Waals surface area contributed by atoms with Crippen molar-refractivity contribution in [3.05, 3.63) is 69.5 Å². The molecule has 4 heteroatoms. The van der Waals surface area contributed by atoms with Gasteiger partial charge in [-0.3, -0.25) is 0 Å². The Morgan fingerprint density at radius 3 is 2.35 bits per heavy atom. The van der Waals surface area contributed by atoms with Crippen molar-refractivity contribution in [2.45, 2.75) is 6.10 Å². The molecule has 0 aromatic heterocycles. The molecule has 0 unspecified atom stereocenters. The zero-order valence-corrected chi connectivity index (χ0v) is 10.2. The van der Waals surface area contributed by atoms with Crippen LogP contribution in [0, 0.1) is 5.82 Å². The summed E-state index contributed by atoms with van der Waals surface area (Å²) < 4.78 is 13.0. The van der Waals surface area contributed by atoms with Gasteiger partial charge in [-0.25, -0.2) is 4.39 Å². The second-order valence-corrected chi connectivity index (χ2v) is 4.47. The maximum atomic E-state index is 13.0. The Bertz CT molecular complexity index is 543. The molecule has 0 aliphatic heterocycles. The van der Waals surface area contributed by atoms with Crippen molar-refractivity contribution in [3.8, 4) is 0 Å². The predicted octanol–water partition coefficient (Wildman–Crippen LogP) is 4.21. The van der Waals surface area contributed by atoms with Gasteiger partial charge in [0.05, 0.1) is 5.02 Å². The molecule has 88 valence electrons. The van der Waals surface area contributed by atoms with Gasteiger partial charge >= 0.3 is 0 Å². The van der Waals surface area contributed by atoms with E-state index < -0.39 is 11.9 Å². The number of aliphatic hydroxyl groups excluding tert-OH is 1. The molecule has 0 bridgehead atoms. The summed E-state index contributed by atoms with van der Waals surface area (Å²) in [4.78, 5) is 0. The molecule has 17 heavy (non-hydrogen) atoms. The van der Waals surface area contributed by atoms with Crippen LogP contribution in [0.3, 0.4) is 0 Å². The number of hydrogen-bond acceptors (Lipinski definition) is 1. The molecule has 1 atom stereocenters. The van der Waals surface area contributed by atoms with Crippen molar-refractivity contribution in [2.75, 3.05) is 0 Å². The molecule has 1 N–H and O–H groups in total. The van der Waals surface area contributed by atoms with Crippen LogP contribution in [0.5, 0.6) is 0 Å². The SMILES string of the molecule is O[C@H](c1cccc(Cl)c1)c1ccc(F)c(Cl)c1. The molecular formula is C13H9Cl2FO. The molecule has 2 aromatic carbocycles. The zero-order chi connectivity index (χ0) is 12.4. The third-order valence-electron chi connectivity index (χ3n) is 2.42. The molecule has 0 radical (unpaired) electrons. The lowest BCUT2D eigenvalue weighted by molar-refractivity contribution is 0.220. The van der Waals surface area contributed by atoms with Crippen LogP contribution in [0.15, 0.2) is 42.5 Å². The lowest BCUT2D eigenvalue weighted by atomic mass is 10.0. The molecule has 0 saturated heterocycles. The first kappa shape index (κ1) is 12.4. The third-order valence-corrected chi connectivity index (χ3v) is 2.95. The largest absolute Gasteiger partial charge is 0.384 e. The van der Waals surface area contributed by atoms with Gasteiger partial charge in [0.1, 0.15) is 11.9 Å². The maximum Gasteiger partial charge on any atom is 0.141 e. The lowest BCUT2D eigenvalue weighted by Gasteiger charge is -2.12. The average Bonchev–Trinajstić information content (AvgIpc) is 2.32. The minimum atomic E-state index is -0.869. The van der Waals surface area contributed by atoms with Crippen molar-refractivity contribution in [1.29, 1.82) is 0 Å². The summed E-state index contributed by atoms with van der Waals surface area (Å²) in [6.07, 6.45) is -0.869. The number of hydrogen-bond donors (Lipinski definition) is 1. The van der Waals surface area contributed by atoms with Gasteiger partial charge in [0.25, 0.3) is 0 Å². The first-order valence-electron chi connectivity index (χ1n) is 4.96. The van der Waals surface area contributed by atoms with Gasteiger partial charge in [-0.1, -0.05) is 41.4 Å². The summed E-state index contributed by atoms with van der Waals surface area (Å²) in [5.74, 6) is -0.506. The number of benzene rings is 2. The van der Waals surface area contributed by atoms with Gasteiger partial charge in [0.15, 0.2) is 0 Å². The highest BCUT2D eigenvalue weighted by Gasteiger charge is 2.12. The Morgan fingerprint density at radius 1 is 1.00 bits per heavy atom. The smallest absolute Gasteiger partial charge is 0.141 e. The van der Waals surface area contributed by atoms with E-state index >= 15 is 0 Å². The minimum absolute atomic E-state index is 0.0106. The summed E-state index contributed by atoms with van der Waals surface area (Å²) >= 11 is 11.5. The Balaban J connectivity index is 2.36. The van der Waals surface area contributed by atoms with Gasteiger partial charge in [-0.15, -0.1) is 0 Å². The molecule has 0 spiro atoms. The van der Waals surface area contributed by atoms with Crippen LogP contribution in [0.1, 0.15) is 17.2 Å². The van der Waals surface area contributed by atoms with Gasteiger partial charge in [0.2, 0.25) is 0 Å². The van der Waals surface area contributed by atoms with E-state index in [2.05, 4.69) is 0 Å². The average molecular weight is 271 g/mol. The Kier molecular flexibility index (Phi) is 3.67. The highest BCUT2D eigenvalue weighted by atomic mass is 35.5. The Morgan fingerprint density at radius 2 is 1.71 bits per heavy atom. The van der Waals surface area contributed by atoms with E-state index in [1.54, 1.807) is 24.3 Å². The monoisotopic (exact) mass is 270 g/mol. The molecule has 2 rings (SSSR count). The van der Waals surface area contributed by atoms with E-state index in [1.165, 1.54) is 18.2 Å². The van der Waals surface area contributed by atoms with Crippen molar-refractivity contribution in [3.63, 3.8) is 0 Å². The molecule has 0 aliphatic rings. The second kappa shape index (κ2) is 5.05. The highest BCUT2D eigenvalue weighted by Crippen LogP contribution is 2.27. The molecule has 1 nitrogen and oxygen atoms in total. The molecule has 0 saturated carbocycles. The summed E-state index contributed by atoms with van der Waals surface area (Å²) in [7, 11) is 0. The van der Waals surface area contributed by atoms with Crippen molar-refractivity contribution in [2.24, 2.45) is 0 Å². The molecular weight excluding hydrogens is 262 g/mol. The van der Waals surface area contributed by atoms with Crippen LogP contribution < -0.4 is 0 Å². The Labute approximate surface area is 108 Å². The first-order valence-corrected chi connectivity index (χ1v) is 5.72. The van der Waals surface area contributed by atoms with Crippen LogP contribution in [-0.4, -0.2) is 5.11 Å². The summed E-state index contributed by atoms with van der Waals surface area (Å²) in [6.45, 7) is 0. The maximum absolute atomic E-state index is 13.0. The second-order valence-electron chi connectivity index (χ2n) is 3.63. The highest BCUT2D eigenvalue weighted by molar-refractivity contribution is 6.31. The predicted molar refractivity (Wildman–Crippen MR) is 66.9 cm³/mol. The lowest BCUT2D eigenvalue weighted by Crippen LogP contribution is -1.99. The van der Waals surface area contributed by atoms with E-state index in [4.69, 9.17) is 23.2 Å². The van der Waals surface area contributed by atoms with Crippen LogP contribution in [-0.2, 0) is 0 Å². The number of halogens is 3. The number of rotatable bonds is 2.